The molecule has 33 heteroatoms. The number of quaternary nitrogens is 1. The van der Waals surface area contributed by atoms with Gasteiger partial charge in [-0.15, -0.1) is 68.0 Å². The summed E-state index contributed by atoms with van der Waals surface area (Å²) >= 11 is 8.86. The van der Waals surface area contributed by atoms with Gasteiger partial charge in [0.25, 0.3) is 30.8 Å². The standard InChI is InChI=1S/C22H20N4O5S3.2C22H18N4O4S2.C2H6.H3N/c27-14-31-11-19-22(33-13-23-19)24-18(10-15-6-8-17(9-7-15)26-34(28,29)30)20-12-32-21(25-20)16-4-2-1-3-5-16;2*27-14-30-11-19-22(32-13-23-19)24-18(10-15-6-8-17(9-7-15)26(28)29)20-12-31-21(25-20)16-4-2-1-3-5-16;1-2;/h1-9,12-14,18,24,26H,10-11H2,(H,28,29,30);2*1-9,12-14,18,24H,10-11H2;1-2H3;1H3/t3*18-;;/m000../s1. The smallest absolute Gasteiger partial charge is 0.293 e. The Morgan fingerprint density at radius 1 is 0.446 bits per heavy atom. The van der Waals surface area contributed by atoms with Gasteiger partial charge >= 0.3 is 0 Å². The molecule has 0 aliphatic heterocycles. The molecule has 0 unspecified atom stereocenters. The summed E-state index contributed by atoms with van der Waals surface area (Å²) in [5.74, 6) is 0. The first-order valence-electron chi connectivity index (χ1n) is 30.2. The Bertz CT molecular complexity index is 4470. The Morgan fingerprint density at radius 2 is 0.733 bits per heavy atom. The number of benzene rings is 6. The summed E-state index contributed by atoms with van der Waals surface area (Å²) in [6.07, 6.45) is 1.64. The van der Waals surface area contributed by atoms with Crippen molar-refractivity contribution in [3.05, 3.63) is 268 Å². The number of anilines is 4. The van der Waals surface area contributed by atoms with Crippen molar-refractivity contribution < 1.29 is 51.4 Å². The fourth-order valence-electron chi connectivity index (χ4n) is 9.52. The zero-order chi connectivity index (χ0) is 70.6. The second kappa shape index (κ2) is 38.7. The summed E-state index contributed by atoms with van der Waals surface area (Å²) in [6.45, 7) is 5.37. The number of hydrogen-bond donors (Lipinski definition) is 5. The van der Waals surface area contributed by atoms with Crippen molar-refractivity contribution in [3.8, 4) is 31.7 Å². The van der Waals surface area contributed by atoms with Gasteiger partial charge in [-0.2, -0.15) is 0 Å². The van der Waals surface area contributed by atoms with Crippen molar-refractivity contribution >= 4 is 130 Å². The van der Waals surface area contributed by atoms with E-state index in [2.05, 4.69) is 30.9 Å². The molecule has 26 nitrogen and oxygen atoms in total. The summed E-state index contributed by atoms with van der Waals surface area (Å²) in [5, 5.41) is 43.4. The third-order valence-corrected chi connectivity index (χ3v) is 19.8. The molecule has 0 spiro atoms. The molecule has 101 heavy (non-hydrogen) atoms. The topological polar surface area (TPSA) is 384 Å². The first-order valence-corrected chi connectivity index (χ1v) is 36.9. The molecule has 6 aromatic carbocycles. The molecular weight excluding hydrogens is 1430 g/mol. The normalized spacial score (nSPS) is 11.5. The SMILES string of the molecule is CC.O=COCc1ncsc1N[C@@H](Cc1ccc(NS(=O)(=O)[O-])cc1)c1csc(-c2ccccc2)n1.O=COCc1ncsc1N[C@@H](Cc1ccc([N+](=O)[O-])cc1)c1csc(-c2ccccc2)n1.O=COCc1ncsc1N[C@@H](Cc1ccc([N+](=O)[O-])cc1)c1csc(-c2ccccc2)n1.[NH4+]. The van der Waals surface area contributed by atoms with E-state index in [1.807, 2.05) is 126 Å². The van der Waals surface area contributed by atoms with Crippen LogP contribution in [0.15, 0.2) is 196 Å². The number of carbonyl (C=O) groups is 3. The Hall–Kier alpha value is -10.6. The van der Waals surface area contributed by atoms with Crippen LogP contribution < -0.4 is 26.8 Å². The van der Waals surface area contributed by atoms with Crippen LogP contribution in [0.2, 0.25) is 0 Å². The van der Waals surface area contributed by atoms with Gasteiger partial charge in [-0.05, 0) is 48.1 Å². The van der Waals surface area contributed by atoms with Crippen LogP contribution in [-0.4, -0.2) is 72.1 Å². The number of thiazole rings is 6. The Labute approximate surface area is 604 Å². The van der Waals surface area contributed by atoms with Crippen LogP contribution in [-0.2, 0) is 78.0 Å². The van der Waals surface area contributed by atoms with Crippen molar-refractivity contribution in [1.29, 1.82) is 0 Å². The van der Waals surface area contributed by atoms with E-state index in [-0.39, 0.29) is 61.2 Å². The van der Waals surface area contributed by atoms with E-state index in [1.54, 1.807) is 75.6 Å². The number of nitrogens with one attached hydrogen (secondary N) is 4. The van der Waals surface area contributed by atoms with Crippen molar-refractivity contribution in [2.24, 2.45) is 0 Å². The van der Waals surface area contributed by atoms with E-state index in [0.717, 1.165) is 80.5 Å². The van der Waals surface area contributed by atoms with E-state index in [1.165, 1.54) is 81.7 Å². The average molecular weight is 1500 g/mol. The molecule has 0 amide bonds. The van der Waals surface area contributed by atoms with Gasteiger partial charge in [0.1, 0.15) is 66.9 Å². The number of non-ortho nitro benzene ring substituents is 2. The largest absolute Gasteiger partial charge is 0.731 e. The fourth-order valence-corrected chi connectivity index (χ4v) is 14.8. The lowest BCUT2D eigenvalue weighted by Gasteiger charge is -2.18. The monoisotopic (exact) mass is 1500 g/mol. The molecule has 0 radical (unpaired) electrons. The summed E-state index contributed by atoms with van der Waals surface area (Å²) in [6, 6.07) is 48.6. The molecule has 12 aromatic rings. The first-order chi connectivity index (χ1) is 48.7. The van der Waals surface area contributed by atoms with E-state index < -0.39 is 20.2 Å². The zero-order valence-electron chi connectivity index (χ0n) is 54.0. The summed E-state index contributed by atoms with van der Waals surface area (Å²) in [5.41, 5.74) is 15.6. The minimum Gasteiger partial charge on any atom is -0.731 e. The van der Waals surface area contributed by atoms with Gasteiger partial charge in [-0.1, -0.05) is 141 Å². The molecule has 6 aromatic heterocycles. The Morgan fingerprint density at radius 3 is 1.00 bits per heavy atom. The highest BCUT2D eigenvalue weighted by atomic mass is 32.2. The minimum atomic E-state index is -4.59. The molecule has 522 valence electrons. The number of aromatic nitrogens is 6. The van der Waals surface area contributed by atoms with Gasteiger partial charge in [0.05, 0.1) is 61.6 Å². The molecule has 12 rings (SSSR count). The second-order valence-electron chi connectivity index (χ2n) is 20.7. The highest BCUT2D eigenvalue weighted by molar-refractivity contribution is 7.87. The number of ether oxygens (including phenoxy) is 3. The lowest BCUT2D eigenvalue weighted by atomic mass is 10.0. The third-order valence-electron chi connectivity index (χ3n) is 14.2. The number of hydrogen-bond acceptors (Lipinski definition) is 28. The highest BCUT2D eigenvalue weighted by Crippen LogP contribution is 2.37. The maximum Gasteiger partial charge on any atom is 0.293 e. The fraction of sp³-hybridized carbons (Fsp3) is 0.162. The summed E-state index contributed by atoms with van der Waals surface area (Å²) in [7, 11) is -4.59. The quantitative estimate of drug-likeness (QED) is 0.00885. The van der Waals surface area contributed by atoms with Crippen LogP contribution in [0.1, 0.15) is 82.8 Å². The van der Waals surface area contributed by atoms with E-state index in [0.29, 0.717) is 55.8 Å². The molecule has 0 fully saturated rings. The van der Waals surface area contributed by atoms with Crippen molar-refractivity contribution in [2.75, 3.05) is 20.7 Å². The number of nitro benzene ring substituents is 2. The predicted molar refractivity (Wildman–Crippen MR) is 395 cm³/mol. The van der Waals surface area contributed by atoms with Gasteiger partial charge in [0, 0.05) is 62.8 Å². The second-order valence-corrected chi connectivity index (χ2v) is 27.0. The van der Waals surface area contributed by atoms with Gasteiger partial charge in [-0.3, -0.25) is 39.3 Å². The van der Waals surface area contributed by atoms with Crippen LogP contribution in [0.25, 0.3) is 31.7 Å². The Balaban J connectivity index is 0.000000189. The number of carbonyl (C=O) groups excluding carboxylic acids is 3. The van der Waals surface area contributed by atoms with Crippen molar-refractivity contribution in [3.63, 3.8) is 0 Å². The molecule has 0 aliphatic rings. The number of nitro groups is 2. The maximum atomic E-state index is 11.0. The van der Waals surface area contributed by atoms with Crippen LogP contribution in [0, 0.1) is 20.2 Å². The molecular formula is C68H65N13O13S7. The predicted octanol–water partition coefficient (Wildman–Crippen LogP) is 16.1. The molecule has 3 atom stereocenters. The van der Waals surface area contributed by atoms with Crippen molar-refractivity contribution in [1.82, 2.24) is 36.1 Å². The third kappa shape index (κ3) is 22.7. The minimum absolute atomic E-state index is 0. The van der Waals surface area contributed by atoms with E-state index in [4.69, 9.17) is 29.2 Å². The van der Waals surface area contributed by atoms with Crippen LogP contribution >= 0.6 is 68.0 Å². The lowest BCUT2D eigenvalue weighted by molar-refractivity contribution is -0.385. The summed E-state index contributed by atoms with van der Waals surface area (Å²) < 4.78 is 49.3. The van der Waals surface area contributed by atoms with Crippen molar-refractivity contribution in [2.45, 2.75) is 71.1 Å². The van der Waals surface area contributed by atoms with E-state index in [9.17, 15) is 47.6 Å². The van der Waals surface area contributed by atoms with Crippen LogP contribution in [0.4, 0.5) is 32.1 Å². The zero-order valence-corrected chi connectivity index (χ0v) is 59.7. The molecule has 8 N–H and O–H groups in total. The highest BCUT2D eigenvalue weighted by Gasteiger charge is 2.24. The van der Waals surface area contributed by atoms with Gasteiger partial charge in [0.15, 0.2) is 10.3 Å². The molecule has 0 bridgehead atoms. The lowest BCUT2D eigenvalue weighted by Crippen LogP contribution is -2.15. The molecule has 0 aliphatic carbocycles. The average Bonchev–Trinajstić information content (AvgIpc) is 1.72. The maximum absolute atomic E-state index is 11.0. The molecule has 6 heterocycles. The number of nitrogens with zero attached hydrogens (tertiary/aromatic N) is 8. The summed E-state index contributed by atoms with van der Waals surface area (Å²) in [4.78, 5) is 80.2. The Kier molecular flexibility index (Phi) is 29.1. The van der Waals surface area contributed by atoms with Gasteiger partial charge in [-0.25, -0.2) is 38.3 Å². The van der Waals surface area contributed by atoms with Crippen LogP contribution in [0.3, 0.4) is 0 Å². The number of rotatable bonds is 31. The molecule has 0 saturated carbocycles. The van der Waals surface area contributed by atoms with E-state index >= 15 is 0 Å². The molecule has 0 saturated heterocycles. The van der Waals surface area contributed by atoms with Gasteiger partial charge < -0.3 is 40.9 Å². The van der Waals surface area contributed by atoms with Crippen LogP contribution in [0.5, 0.6) is 0 Å². The van der Waals surface area contributed by atoms with Gasteiger partial charge in [0.2, 0.25) is 0 Å². The first kappa shape index (κ1) is 76.1.